The highest BCUT2D eigenvalue weighted by atomic mass is 28.3. The SMILES string of the molecule is COC(=O)c1ccc(C(OCc2cccc(C(C)(C)C)c2)O[Si](C)C)cc1-c1ccccc1C. The number of carbonyl (C=O) groups is 1. The first-order chi connectivity index (χ1) is 16.1. The van der Waals surface area contributed by atoms with Gasteiger partial charge in [-0.05, 0) is 65.4 Å². The number of rotatable bonds is 8. The Labute approximate surface area is 205 Å². The zero-order valence-corrected chi connectivity index (χ0v) is 22.3. The highest BCUT2D eigenvalue weighted by molar-refractivity contribution is 6.48. The molecule has 0 aromatic heterocycles. The highest BCUT2D eigenvalue weighted by Gasteiger charge is 2.21. The summed E-state index contributed by atoms with van der Waals surface area (Å²) in [6.45, 7) is 13.3. The van der Waals surface area contributed by atoms with Gasteiger partial charge in [-0.25, -0.2) is 4.79 Å². The second kappa shape index (κ2) is 11.1. The highest BCUT2D eigenvalue weighted by Crippen LogP contribution is 2.32. The fraction of sp³-hybridized carbons (Fsp3) is 0.345. The minimum Gasteiger partial charge on any atom is -0.465 e. The van der Waals surface area contributed by atoms with E-state index < -0.39 is 15.3 Å². The molecular weight excluding hydrogens is 440 g/mol. The summed E-state index contributed by atoms with van der Waals surface area (Å²) in [6.07, 6.45) is -0.531. The molecule has 0 spiro atoms. The lowest BCUT2D eigenvalue weighted by Gasteiger charge is -2.24. The number of methoxy groups -OCH3 is 1. The molecule has 1 unspecified atom stereocenters. The predicted molar refractivity (Wildman–Crippen MR) is 139 cm³/mol. The third-order valence-electron chi connectivity index (χ3n) is 5.69. The standard InChI is InChI=1S/C29H35O4Si/c1-20-11-8-9-14-24(20)26-18-22(15-16-25(26)27(30)31-5)28(33-34(6)7)32-19-21-12-10-13-23(17-21)29(2,3)4/h8-18,28H,19H2,1-7H3. The number of hydrogen-bond acceptors (Lipinski definition) is 4. The molecule has 0 N–H and O–H groups in total. The molecule has 0 amide bonds. The molecule has 34 heavy (non-hydrogen) atoms. The fourth-order valence-electron chi connectivity index (χ4n) is 3.81. The Hall–Kier alpha value is -2.73. The Morgan fingerprint density at radius 2 is 1.68 bits per heavy atom. The van der Waals surface area contributed by atoms with Crippen LogP contribution >= 0.6 is 0 Å². The largest absolute Gasteiger partial charge is 0.465 e. The summed E-state index contributed by atoms with van der Waals surface area (Å²) in [4.78, 5) is 12.5. The Morgan fingerprint density at radius 3 is 2.32 bits per heavy atom. The maximum absolute atomic E-state index is 12.5. The first-order valence-corrected chi connectivity index (χ1v) is 14.0. The van der Waals surface area contributed by atoms with E-state index in [1.54, 1.807) is 6.07 Å². The van der Waals surface area contributed by atoms with Gasteiger partial charge in [0.2, 0.25) is 9.04 Å². The van der Waals surface area contributed by atoms with E-state index >= 15 is 0 Å². The third-order valence-corrected chi connectivity index (χ3v) is 6.38. The molecule has 0 heterocycles. The van der Waals surface area contributed by atoms with Crippen LogP contribution in [0.15, 0.2) is 66.7 Å². The average Bonchev–Trinajstić information content (AvgIpc) is 2.80. The van der Waals surface area contributed by atoms with E-state index in [9.17, 15) is 4.79 Å². The van der Waals surface area contributed by atoms with Gasteiger partial charge >= 0.3 is 5.97 Å². The van der Waals surface area contributed by atoms with Crippen molar-refractivity contribution in [2.45, 2.75) is 59.1 Å². The van der Waals surface area contributed by atoms with E-state index in [0.29, 0.717) is 12.2 Å². The lowest BCUT2D eigenvalue weighted by Crippen LogP contribution is -2.18. The molecule has 1 atom stereocenters. The van der Waals surface area contributed by atoms with Gasteiger partial charge in [0, 0.05) is 5.56 Å². The van der Waals surface area contributed by atoms with Crippen molar-refractivity contribution in [2.24, 2.45) is 0 Å². The van der Waals surface area contributed by atoms with Crippen LogP contribution in [0.4, 0.5) is 0 Å². The zero-order chi connectivity index (χ0) is 24.9. The first kappa shape index (κ1) is 25.9. The monoisotopic (exact) mass is 475 g/mol. The van der Waals surface area contributed by atoms with E-state index in [1.165, 1.54) is 12.7 Å². The van der Waals surface area contributed by atoms with Crippen molar-refractivity contribution >= 4 is 15.0 Å². The Kier molecular flexibility index (Phi) is 8.47. The molecule has 0 aliphatic carbocycles. The number of benzene rings is 3. The van der Waals surface area contributed by atoms with Gasteiger partial charge < -0.3 is 13.9 Å². The van der Waals surface area contributed by atoms with E-state index in [1.807, 2.05) is 43.3 Å². The molecule has 3 rings (SSSR count). The number of hydrogen-bond donors (Lipinski definition) is 0. The van der Waals surface area contributed by atoms with Gasteiger partial charge in [-0.15, -0.1) is 0 Å². The topological polar surface area (TPSA) is 44.8 Å². The molecule has 0 fully saturated rings. The van der Waals surface area contributed by atoms with Crippen LogP contribution in [-0.4, -0.2) is 22.1 Å². The van der Waals surface area contributed by atoms with Gasteiger partial charge in [-0.3, -0.25) is 0 Å². The lowest BCUT2D eigenvalue weighted by atomic mass is 9.86. The second-order valence-corrected chi connectivity index (χ2v) is 11.8. The molecule has 3 aromatic carbocycles. The van der Waals surface area contributed by atoms with Crippen LogP contribution in [0.1, 0.15) is 59.7 Å². The van der Waals surface area contributed by atoms with Crippen LogP contribution in [0.5, 0.6) is 0 Å². The van der Waals surface area contributed by atoms with E-state index in [0.717, 1.165) is 27.8 Å². The molecule has 0 bridgehead atoms. The van der Waals surface area contributed by atoms with Crippen molar-refractivity contribution in [2.75, 3.05) is 7.11 Å². The van der Waals surface area contributed by atoms with Gasteiger partial charge in [0.1, 0.15) is 0 Å². The van der Waals surface area contributed by atoms with Crippen molar-refractivity contribution in [3.05, 3.63) is 94.5 Å². The van der Waals surface area contributed by atoms with Gasteiger partial charge in [-0.2, -0.15) is 0 Å². The Balaban J connectivity index is 1.97. The minimum absolute atomic E-state index is 0.0705. The summed E-state index contributed by atoms with van der Waals surface area (Å²) in [5.74, 6) is -0.363. The molecule has 0 aliphatic rings. The van der Waals surface area contributed by atoms with E-state index in [4.69, 9.17) is 13.9 Å². The maximum atomic E-state index is 12.5. The molecule has 1 radical (unpaired) electrons. The number of esters is 1. The van der Waals surface area contributed by atoms with E-state index in [2.05, 4.69) is 58.1 Å². The van der Waals surface area contributed by atoms with Crippen molar-refractivity contribution in [1.29, 1.82) is 0 Å². The van der Waals surface area contributed by atoms with E-state index in [-0.39, 0.29) is 11.4 Å². The second-order valence-electron chi connectivity index (χ2n) is 9.73. The minimum atomic E-state index is -1.05. The molecular formula is C29H35O4Si. The molecule has 5 heteroatoms. The van der Waals surface area contributed by atoms with Crippen LogP contribution < -0.4 is 0 Å². The fourth-order valence-corrected chi connectivity index (χ4v) is 4.44. The van der Waals surface area contributed by atoms with Crippen LogP contribution in [-0.2, 0) is 25.9 Å². The maximum Gasteiger partial charge on any atom is 0.338 e. The van der Waals surface area contributed by atoms with Gasteiger partial charge in [0.25, 0.3) is 0 Å². The molecule has 0 saturated heterocycles. The summed E-state index contributed by atoms with van der Waals surface area (Å²) < 4.78 is 17.6. The molecule has 0 saturated carbocycles. The van der Waals surface area contributed by atoms with Crippen molar-refractivity contribution < 1.29 is 18.7 Å². The van der Waals surface area contributed by atoms with Crippen LogP contribution in [0.25, 0.3) is 11.1 Å². The average molecular weight is 476 g/mol. The van der Waals surface area contributed by atoms with Crippen molar-refractivity contribution in [1.82, 2.24) is 0 Å². The van der Waals surface area contributed by atoms with Crippen molar-refractivity contribution in [3.8, 4) is 11.1 Å². The number of aryl methyl sites for hydroxylation is 1. The summed E-state index contributed by atoms with van der Waals surface area (Å²) in [6, 6.07) is 22.2. The molecule has 179 valence electrons. The van der Waals surface area contributed by atoms with Gasteiger partial charge in [0.05, 0.1) is 19.3 Å². The lowest BCUT2D eigenvalue weighted by molar-refractivity contribution is -0.0949. The summed E-state index contributed by atoms with van der Waals surface area (Å²) in [7, 11) is 0.357. The van der Waals surface area contributed by atoms with Crippen molar-refractivity contribution in [3.63, 3.8) is 0 Å². The zero-order valence-electron chi connectivity index (χ0n) is 21.3. The third kappa shape index (κ3) is 6.44. The Bertz CT molecular complexity index is 1130. The van der Waals surface area contributed by atoms with Crippen LogP contribution in [0.3, 0.4) is 0 Å². The smallest absolute Gasteiger partial charge is 0.338 e. The quantitative estimate of drug-likeness (QED) is 0.196. The Morgan fingerprint density at radius 1 is 0.941 bits per heavy atom. The van der Waals surface area contributed by atoms with Gasteiger partial charge in [-0.1, -0.05) is 75.4 Å². The first-order valence-electron chi connectivity index (χ1n) is 11.6. The summed E-state index contributed by atoms with van der Waals surface area (Å²) in [5, 5.41) is 0. The van der Waals surface area contributed by atoms with Gasteiger partial charge in [0.15, 0.2) is 6.29 Å². The number of ether oxygens (including phenoxy) is 2. The molecule has 4 nitrogen and oxygen atoms in total. The van der Waals surface area contributed by atoms with Crippen LogP contribution in [0.2, 0.25) is 13.1 Å². The predicted octanol–water partition coefficient (Wildman–Crippen LogP) is 7.23. The summed E-state index contributed by atoms with van der Waals surface area (Å²) in [5.41, 5.74) is 6.73. The molecule has 0 aliphatic heterocycles. The number of carbonyl (C=O) groups excluding carboxylic acids is 1. The molecule has 3 aromatic rings. The van der Waals surface area contributed by atoms with Crippen LogP contribution in [0, 0.1) is 6.92 Å². The summed E-state index contributed by atoms with van der Waals surface area (Å²) >= 11 is 0. The normalized spacial score (nSPS) is 12.6.